The maximum atomic E-state index is 11.6. The van der Waals surface area contributed by atoms with Crippen molar-refractivity contribution in [1.29, 1.82) is 0 Å². The number of amides is 2. The molecule has 0 aromatic carbocycles. The lowest BCUT2D eigenvalue weighted by atomic mass is 9.86. The van der Waals surface area contributed by atoms with E-state index in [1.807, 2.05) is 13.8 Å². The molecule has 1 aliphatic rings. The van der Waals surface area contributed by atoms with Gasteiger partial charge in [-0.25, -0.2) is 0 Å². The molecule has 1 saturated heterocycles. The Labute approximate surface area is 84.4 Å². The third-order valence-electron chi connectivity index (χ3n) is 2.77. The number of imide groups is 1. The van der Waals surface area contributed by atoms with E-state index in [0.29, 0.717) is 31.8 Å². The standard InChI is InChI=1S/C10H18N2O2/c1-7(2)8-5-9(13)12(4-3-11)10(14)6-8/h7-8H,3-6,11H2,1-2H3. The van der Waals surface area contributed by atoms with Crippen molar-refractivity contribution in [3.05, 3.63) is 0 Å². The molecule has 1 aliphatic heterocycles. The van der Waals surface area contributed by atoms with E-state index in [0.717, 1.165) is 0 Å². The fourth-order valence-corrected chi connectivity index (χ4v) is 1.73. The Morgan fingerprint density at radius 1 is 1.36 bits per heavy atom. The summed E-state index contributed by atoms with van der Waals surface area (Å²) in [6, 6.07) is 0. The minimum absolute atomic E-state index is 0.0644. The van der Waals surface area contributed by atoms with Crippen LogP contribution in [0.25, 0.3) is 0 Å². The first kappa shape index (κ1) is 11.2. The van der Waals surface area contributed by atoms with E-state index in [-0.39, 0.29) is 17.7 Å². The Morgan fingerprint density at radius 3 is 2.21 bits per heavy atom. The Balaban J connectivity index is 2.63. The van der Waals surface area contributed by atoms with Gasteiger partial charge in [0.2, 0.25) is 11.8 Å². The first-order valence-electron chi connectivity index (χ1n) is 5.09. The summed E-state index contributed by atoms with van der Waals surface area (Å²) in [5.41, 5.74) is 5.33. The van der Waals surface area contributed by atoms with Crippen LogP contribution in [0.2, 0.25) is 0 Å². The molecule has 2 amide bonds. The van der Waals surface area contributed by atoms with E-state index < -0.39 is 0 Å². The Morgan fingerprint density at radius 2 is 1.86 bits per heavy atom. The fourth-order valence-electron chi connectivity index (χ4n) is 1.73. The van der Waals surface area contributed by atoms with Gasteiger partial charge in [-0.3, -0.25) is 14.5 Å². The summed E-state index contributed by atoms with van der Waals surface area (Å²) in [6.07, 6.45) is 0.979. The topological polar surface area (TPSA) is 63.4 Å². The largest absolute Gasteiger partial charge is 0.329 e. The van der Waals surface area contributed by atoms with E-state index in [2.05, 4.69) is 0 Å². The maximum absolute atomic E-state index is 11.6. The number of piperidine rings is 1. The highest BCUT2D eigenvalue weighted by atomic mass is 16.2. The summed E-state index contributed by atoms with van der Waals surface area (Å²) < 4.78 is 0. The third-order valence-corrected chi connectivity index (χ3v) is 2.77. The molecule has 1 heterocycles. The van der Waals surface area contributed by atoms with Gasteiger partial charge in [-0.05, 0) is 11.8 Å². The van der Waals surface area contributed by atoms with Crippen molar-refractivity contribution in [2.24, 2.45) is 17.6 Å². The van der Waals surface area contributed by atoms with Crippen LogP contribution >= 0.6 is 0 Å². The molecule has 14 heavy (non-hydrogen) atoms. The number of carbonyl (C=O) groups is 2. The van der Waals surface area contributed by atoms with Gasteiger partial charge in [0.25, 0.3) is 0 Å². The van der Waals surface area contributed by atoms with Crippen LogP contribution in [-0.4, -0.2) is 29.8 Å². The van der Waals surface area contributed by atoms with Crippen LogP contribution in [0.3, 0.4) is 0 Å². The minimum atomic E-state index is -0.0644. The third kappa shape index (κ3) is 2.32. The summed E-state index contributed by atoms with van der Waals surface area (Å²) in [7, 11) is 0. The lowest BCUT2D eigenvalue weighted by molar-refractivity contribution is -0.150. The van der Waals surface area contributed by atoms with E-state index >= 15 is 0 Å². The molecule has 1 fully saturated rings. The van der Waals surface area contributed by atoms with Crippen LogP contribution in [0.1, 0.15) is 26.7 Å². The van der Waals surface area contributed by atoms with Crippen molar-refractivity contribution in [3.63, 3.8) is 0 Å². The van der Waals surface area contributed by atoms with E-state index in [1.165, 1.54) is 4.90 Å². The van der Waals surface area contributed by atoms with Crippen molar-refractivity contribution in [2.75, 3.05) is 13.1 Å². The predicted molar refractivity (Wildman–Crippen MR) is 53.3 cm³/mol. The monoisotopic (exact) mass is 198 g/mol. The molecule has 0 aromatic rings. The van der Waals surface area contributed by atoms with Gasteiger partial charge >= 0.3 is 0 Å². The zero-order valence-corrected chi connectivity index (χ0v) is 8.82. The van der Waals surface area contributed by atoms with Gasteiger partial charge in [0.15, 0.2) is 0 Å². The number of rotatable bonds is 3. The Kier molecular flexibility index (Phi) is 3.63. The van der Waals surface area contributed by atoms with Crippen LogP contribution in [-0.2, 0) is 9.59 Å². The number of hydrogen-bond donors (Lipinski definition) is 1. The van der Waals surface area contributed by atoms with Crippen LogP contribution in [0, 0.1) is 11.8 Å². The van der Waals surface area contributed by atoms with E-state index in [1.54, 1.807) is 0 Å². The van der Waals surface area contributed by atoms with Gasteiger partial charge in [-0.1, -0.05) is 13.8 Å². The quantitative estimate of drug-likeness (QED) is 0.666. The highest BCUT2D eigenvalue weighted by molar-refractivity contribution is 5.97. The molecule has 0 bridgehead atoms. The zero-order valence-electron chi connectivity index (χ0n) is 8.82. The van der Waals surface area contributed by atoms with E-state index in [9.17, 15) is 9.59 Å². The molecule has 80 valence electrons. The Hall–Kier alpha value is -0.900. The van der Waals surface area contributed by atoms with Gasteiger partial charge in [0.1, 0.15) is 0 Å². The molecular formula is C10H18N2O2. The molecule has 0 radical (unpaired) electrons. The van der Waals surface area contributed by atoms with Crippen LogP contribution in [0.5, 0.6) is 0 Å². The number of nitrogens with two attached hydrogens (primary N) is 1. The van der Waals surface area contributed by atoms with Gasteiger partial charge in [-0.2, -0.15) is 0 Å². The molecule has 0 aliphatic carbocycles. The lowest BCUT2D eigenvalue weighted by Gasteiger charge is -2.31. The van der Waals surface area contributed by atoms with Gasteiger partial charge in [0.05, 0.1) is 0 Å². The van der Waals surface area contributed by atoms with Gasteiger partial charge < -0.3 is 5.73 Å². The SMILES string of the molecule is CC(C)C1CC(=O)N(CCN)C(=O)C1. The number of hydrogen-bond acceptors (Lipinski definition) is 3. The predicted octanol–water partition coefficient (Wildman–Crippen LogP) is 0.366. The first-order valence-corrected chi connectivity index (χ1v) is 5.09. The summed E-state index contributed by atoms with van der Waals surface area (Å²) in [5, 5.41) is 0. The molecule has 1 rings (SSSR count). The summed E-state index contributed by atoms with van der Waals surface area (Å²) >= 11 is 0. The highest BCUT2D eigenvalue weighted by Crippen LogP contribution is 2.25. The van der Waals surface area contributed by atoms with E-state index in [4.69, 9.17) is 5.73 Å². The van der Waals surface area contributed by atoms with Crippen LogP contribution in [0.4, 0.5) is 0 Å². The first-order chi connectivity index (χ1) is 6.56. The van der Waals surface area contributed by atoms with Crippen molar-refractivity contribution in [3.8, 4) is 0 Å². The molecule has 0 spiro atoms. The molecule has 0 atom stereocenters. The molecular weight excluding hydrogens is 180 g/mol. The second-order valence-corrected chi connectivity index (χ2v) is 4.14. The average molecular weight is 198 g/mol. The smallest absolute Gasteiger partial charge is 0.229 e. The maximum Gasteiger partial charge on any atom is 0.229 e. The number of nitrogens with zero attached hydrogens (tertiary/aromatic N) is 1. The average Bonchev–Trinajstić information content (AvgIpc) is 2.10. The second-order valence-electron chi connectivity index (χ2n) is 4.14. The molecule has 4 heteroatoms. The Bertz CT molecular complexity index is 220. The number of carbonyl (C=O) groups excluding carboxylic acids is 2. The zero-order chi connectivity index (χ0) is 10.7. The minimum Gasteiger partial charge on any atom is -0.329 e. The molecule has 4 nitrogen and oxygen atoms in total. The van der Waals surface area contributed by atoms with Crippen molar-refractivity contribution in [2.45, 2.75) is 26.7 Å². The second kappa shape index (κ2) is 4.55. The van der Waals surface area contributed by atoms with Crippen molar-refractivity contribution in [1.82, 2.24) is 4.90 Å². The lowest BCUT2D eigenvalue weighted by Crippen LogP contribution is -2.46. The molecule has 0 saturated carbocycles. The molecule has 2 N–H and O–H groups in total. The summed E-state index contributed by atoms with van der Waals surface area (Å²) in [6.45, 7) is 4.81. The normalized spacial score (nSPS) is 19.6. The van der Waals surface area contributed by atoms with Crippen molar-refractivity contribution < 1.29 is 9.59 Å². The highest BCUT2D eigenvalue weighted by Gasteiger charge is 2.33. The summed E-state index contributed by atoms with van der Waals surface area (Å²) in [5.74, 6) is 0.475. The summed E-state index contributed by atoms with van der Waals surface area (Å²) in [4.78, 5) is 24.4. The van der Waals surface area contributed by atoms with Crippen molar-refractivity contribution >= 4 is 11.8 Å². The molecule has 0 unspecified atom stereocenters. The van der Waals surface area contributed by atoms with Gasteiger partial charge in [-0.15, -0.1) is 0 Å². The van der Waals surface area contributed by atoms with Crippen LogP contribution < -0.4 is 5.73 Å². The fraction of sp³-hybridized carbons (Fsp3) is 0.800. The van der Waals surface area contributed by atoms with Crippen LogP contribution in [0.15, 0.2) is 0 Å². The molecule has 0 aromatic heterocycles. The van der Waals surface area contributed by atoms with Gasteiger partial charge in [0, 0.05) is 25.9 Å². The number of likely N-dealkylation sites (tertiary alicyclic amines) is 1.